The van der Waals surface area contributed by atoms with Gasteiger partial charge in [-0.05, 0) is 43.9 Å². The van der Waals surface area contributed by atoms with Gasteiger partial charge >= 0.3 is 0 Å². The number of aromatic nitrogens is 2. The zero-order chi connectivity index (χ0) is 14.8. The summed E-state index contributed by atoms with van der Waals surface area (Å²) in [6.45, 7) is 10.3. The predicted octanol–water partition coefficient (Wildman–Crippen LogP) is 3.81. The number of aryl methyl sites for hydroxylation is 1. The highest BCUT2D eigenvalue weighted by atomic mass is 15.3. The molecule has 0 aliphatic heterocycles. The highest BCUT2D eigenvalue weighted by Crippen LogP contribution is 2.40. The lowest BCUT2D eigenvalue weighted by Crippen LogP contribution is -2.36. The quantitative estimate of drug-likeness (QED) is 0.887. The first-order valence-corrected chi connectivity index (χ1v) is 8.15. The molecule has 0 bridgehead atoms. The van der Waals surface area contributed by atoms with Crippen molar-refractivity contribution in [3.8, 4) is 0 Å². The maximum atomic E-state index is 4.31. The fraction of sp³-hybridized carbons (Fsp3) is 0.824. The summed E-state index contributed by atoms with van der Waals surface area (Å²) < 4.78 is 1.96. The normalized spacial score (nSPS) is 24.1. The van der Waals surface area contributed by atoms with Crippen molar-refractivity contribution in [3.05, 3.63) is 17.5 Å². The molecule has 0 amide bonds. The van der Waals surface area contributed by atoms with Crippen LogP contribution < -0.4 is 5.32 Å². The third kappa shape index (κ3) is 3.43. The minimum atomic E-state index is 0.519. The number of nitrogens with one attached hydrogen (secondary N) is 1. The molecule has 1 aliphatic rings. The molecule has 1 aromatic heterocycles. The Balaban J connectivity index is 1.79. The Morgan fingerprint density at radius 2 is 1.95 bits per heavy atom. The third-order valence-electron chi connectivity index (χ3n) is 5.66. The molecule has 0 aromatic carbocycles. The molecule has 20 heavy (non-hydrogen) atoms. The van der Waals surface area contributed by atoms with Crippen LogP contribution in [-0.2, 0) is 13.6 Å². The summed E-state index contributed by atoms with van der Waals surface area (Å²) in [6.07, 6.45) is 8.70. The first-order valence-electron chi connectivity index (χ1n) is 8.15. The topological polar surface area (TPSA) is 29.9 Å². The number of rotatable bonds is 5. The molecule has 114 valence electrons. The van der Waals surface area contributed by atoms with Gasteiger partial charge in [0.2, 0.25) is 0 Å². The van der Waals surface area contributed by atoms with Crippen LogP contribution in [0.15, 0.2) is 6.20 Å². The van der Waals surface area contributed by atoms with E-state index in [1.54, 1.807) is 0 Å². The van der Waals surface area contributed by atoms with Gasteiger partial charge < -0.3 is 5.32 Å². The van der Waals surface area contributed by atoms with Crippen LogP contribution in [0.5, 0.6) is 0 Å². The van der Waals surface area contributed by atoms with Gasteiger partial charge in [0, 0.05) is 30.9 Å². The Bertz CT molecular complexity index is 425. The highest BCUT2D eigenvalue weighted by molar-refractivity contribution is 5.15. The number of hydrogen-bond donors (Lipinski definition) is 1. The zero-order valence-electron chi connectivity index (χ0n) is 13.9. The lowest BCUT2D eigenvalue weighted by molar-refractivity contribution is 0.137. The van der Waals surface area contributed by atoms with Crippen molar-refractivity contribution in [2.45, 2.75) is 72.4 Å². The molecule has 0 spiro atoms. The van der Waals surface area contributed by atoms with E-state index in [1.807, 2.05) is 17.9 Å². The third-order valence-corrected chi connectivity index (χ3v) is 5.66. The van der Waals surface area contributed by atoms with E-state index in [2.05, 4.69) is 38.1 Å². The highest BCUT2D eigenvalue weighted by Gasteiger charge is 2.31. The van der Waals surface area contributed by atoms with Crippen molar-refractivity contribution in [1.82, 2.24) is 15.1 Å². The molecule has 1 aliphatic carbocycles. The second-order valence-electron chi connectivity index (χ2n) is 7.15. The Kier molecular flexibility index (Phi) is 4.90. The van der Waals surface area contributed by atoms with Gasteiger partial charge in [-0.1, -0.05) is 27.2 Å². The second-order valence-corrected chi connectivity index (χ2v) is 7.15. The van der Waals surface area contributed by atoms with E-state index in [4.69, 9.17) is 0 Å². The molecular weight excluding hydrogens is 246 g/mol. The Morgan fingerprint density at radius 1 is 1.30 bits per heavy atom. The van der Waals surface area contributed by atoms with Gasteiger partial charge in [0.25, 0.3) is 0 Å². The average Bonchev–Trinajstić information content (AvgIpc) is 2.77. The molecule has 0 unspecified atom stereocenters. The van der Waals surface area contributed by atoms with E-state index in [9.17, 15) is 0 Å². The first kappa shape index (κ1) is 15.6. The maximum absolute atomic E-state index is 4.31. The molecule has 2 rings (SSSR count). The van der Waals surface area contributed by atoms with Crippen LogP contribution in [0.25, 0.3) is 0 Å². The second kappa shape index (κ2) is 6.30. The lowest BCUT2D eigenvalue weighted by atomic mass is 9.69. The van der Waals surface area contributed by atoms with Crippen LogP contribution in [0.3, 0.4) is 0 Å². The Morgan fingerprint density at radius 3 is 2.45 bits per heavy atom. The van der Waals surface area contributed by atoms with E-state index in [0.717, 1.165) is 12.5 Å². The molecule has 1 heterocycles. The van der Waals surface area contributed by atoms with Gasteiger partial charge in [0.1, 0.15) is 0 Å². The van der Waals surface area contributed by atoms with Crippen molar-refractivity contribution in [1.29, 1.82) is 0 Å². The van der Waals surface area contributed by atoms with E-state index >= 15 is 0 Å². The van der Waals surface area contributed by atoms with Crippen LogP contribution in [0.4, 0.5) is 0 Å². The lowest BCUT2D eigenvalue weighted by Gasteiger charge is -2.39. The fourth-order valence-corrected chi connectivity index (χ4v) is 3.34. The maximum Gasteiger partial charge on any atom is 0.0537 e. The van der Waals surface area contributed by atoms with Crippen LogP contribution in [0.2, 0.25) is 0 Å². The summed E-state index contributed by atoms with van der Waals surface area (Å²) in [5, 5.41) is 8.04. The average molecular weight is 277 g/mol. The molecule has 1 saturated carbocycles. The minimum absolute atomic E-state index is 0.519. The molecule has 3 heteroatoms. The minimum Gasteiger partial charge on any atom is -0.310 e. The van der Waals surface area contributed by atoms with Crippen LogP contribution in [0, 0.1) is 18.3 Å². The van der Waals surface area contributed by atoms with Gasteiger partial charge in [0.15, 0.2) is 0 Å². The summed E-state index contributed by atoms with van der Waals surface area (Å²) in [7, 11) is 2.01. The largest absolute Gasteiger partial charge is 0.310 e. The molecule has 1 aromatic rings. The summed E-state index contributed by atoms with van der Waals surface area (Å²) >= 11 is 0. The standard InChI is InChI=1S/C17H31N3/c1-6-17(3,4)15-7-9-16(10-8-15)18-11-14-12-19-20(5)13(14)2/h12,15-16,18H,6-11H2,1-5H3. The molecule has 0 saturated heterocycles. The van der Waals surface area contributed by atoms with Gasteiger partial charge in [-0.15, -0.1) is 0 Å². The molecule has 1 fully saturated rings. The van der Waals surface area contributed by atoms with E-state index in [-0.39, 0.29) is 0 Å². The van der Waals surface area contributed by atoms with E-state index < -0.39 is 0 Å². The smallest absolute Gasteiger partial charge is 0.0537 e. The van der Waals surface area contributed by atoms with Gasteiger partial charge in [-0.25, -0.2) is 0 Å². The molecule has 0 atom stereocenters. The summed E-state index contributed by atoms with van der Waals surface area (Å²) in [4.78, 5) is 0. The number of hydrogen-bond acceptors (Lipinski definition) is 2. The van der Waals surface area contributed by atoms with Crippen molar-refractivity contribution in [2.24, 2.45) is 18.4 Å². The molecule has 3 nitrogen and oxygen atoms in total. The summed E-state index contributed by atoms with van der Waals surface area (Å²) in [5.41, 5.74) is 3.13. The fourth-order valence-electron chi connectivity index (χ4n) is 3.34. The van der Waals surface area contributed by atoms with Crippen LogP contribution >= 0.6 is 0 Å². The molecule has 1 N–H and O–H groups in total. The zero-order valence-corrected chi connectivity index (χ0v) is 13.9. The Labute approximate surface area is 124 Å². The van der Waals surface area contributed by atoms with Crippen molar-refractivity contribution in [3.63, 3.8) is 0 Å². The molecular formula is C17H31N3. The number of nitrogens with zero attached hydrogens (tertiary/aromatic N) is 2. The molecule has 0 radical (unpaired) electrons. The van der Waals surface area contributed by atoms with Crippen molar-refractivity contribution >= 4 is 0 Å². The first-order chi connectivity index (χ1) is 9.44. The summed E-state index contributed by atoms with van der Waals surface area (Å²) in [6, 6.07) is 0.693. The van der Waals surface area contributed by atoms with Gasteiger partial charge in [0.05, 0.1) is 6.20 Å². The van der Waals surface area contributed by atoms with Crippen LogP contribution in [-0.4, -0.2) is 15.8 Å². The summed E-state index contributed by atoms with van der Waals surface area (Å²) in [5.74, 6) is 0.908. The van der Waals surface area contributed by atoms with Crippen LogP contribution in [0.1, 0.15) is 64.1 Å². The monoisotopic (exact) mass is 277 g/mol. The SMILES string of the molecule is CCC(C)(C)C1CCC(NCc2cnn(C)c2C)CC1. The van der Waals surface area contributed by atoms with Crippen molar-refractivity contribution in [2.75, 3.05) is 0 Å². The van der Waals surface area contributed by atoms with Gasteiger partial charge in [-0.3, -0.25) is 4.68 Å². The van der Waals surface area contributed by atoms with E-state index in [1.165, 1.54) is 43.4 Å². The van der Waals surface area contributed by atoms with E-state index in [0.29, 0.717) is 11.5 Å². The van der Waals surface area contributed by atoms with Gasteiger partial charge in [-0.2, -0.15) is 5.10 Å². The van der Waals surface area contributed by atoms with Crippen molar-refractivity contribution < 1.29 is 0 Å². The Hall–Kier alpha value is -0.830. The predicted molar refractivity (Wildman–Crippen MR) is 84.6 cm³/mol.